The van der Waals surface area contributed by atoms with Crippen molar-refractivity contribution in [2.75, 3.05) is 0 Å². The highest BCUT2D eigenvalue weighted by Gasteiger charge is 2.35. The number of carbonyl (C=O) groups excluding carboxylic acids is 1. The molecule has 25 heavy (non-hydrogen) atoms. The van der Waals surface area contributed by atoms with Crippen LogP contribution in [-0.4, -0.2) is 5.91 Å². The van der Waals surface area contributed by atoms with Crippen LogP contribution in [0.5, 0.6) is 0 Å². The first kappa shape index (κ1) is 15.9. The van der Waals surface area contributed by atoms with Crippen molar-refractivity contribution >= 4 is 28.5 Å². The molecule has 1 aromatic heterocycles. The van der Waals surface area contributed by atoms with Gasteiger partial charge in [0.25, 0.3) is 5.91 Å². The maximum Gasteiger partial charge on any atom is 0.288 e. The van der Waals surface area contributed by atoms with Crippen LogP contribution in [0.4, 0.5) is 0 Å². The van der Waals surface area contributed by atoms with Crippen LogP contribution in [0.2, 0.25) is 5.02 Å². The van der Waals surface area contributed by atoms with E-state index in [1.807, 2.05) is 24.3 Å². The van der Waals surface area contributed by atoms with Crippen molar-refractivity contribution in [1.29, 1.82) is 0 Å². The molecule has 0 bridgehead atoms. The van der Waals surface area contributed by atoms with Gasteiger partial charge in [0.15, 0.2) is 5.43 Å². The molecule has 0 spiro atoms. The van der Waals surface area contributed by atoms with Crippen LogP contribution >= 0.6 is 11.6 Å². The SMILES string of the molecule is CC(C)c1ccc(C2NC(=O)c3oc4ccc(Cl)cc4c(=O)c32)cc1. The van der Waals surface area contributed by atoms with Gasteiger partial charge in [0.05, 0.1) is 17.0 Å². The molecule has 1 atom stereocenters. The lowest BCUT2D eigenvalue weighted by Gasteiger charge is -2.13. The van der Waals surface area contributed by atoms with Crippen LogP contribution in [-0.2, 0) is 0 Å². The zero-order chi connectivity index (χ0) is 17.7. The summed E-state index contributed by atoms with van der Waals surface area (Å²) in [4.78, 5) is 25.3. The van der Waals surface area contributed by atoms with Crippen LogP contribution in [0.15, 0.2) is 51.7 Å². The summed E-state index contributed by atoms with van der Waals surface area (Å²) in [5.74, 6) is 0.121. The first-order chi connectivity index (χ1) is 12.0. The van der Waals surface area contributed by atoms with Crippen LogP contribution in [0.1, 0.15) is 53.1 Å². The minimum Gasteiger partial charge on any atom is -0.450 e. The summed E-state index contributed by atoms with van der Waals surface area (Å²) in [6.07, 6.45) is 0. The molecule has 1 aliphatic rings. The number of nitrogens with one attached hydrogen (secondary N) is 1. The van der Waals surface area contributed by atoms with Gasteiger partial charge in [-0.25, -0.2) is 0 Å². The number of halogens is 1. The zero-order valence-electron chi connectivity index (χ0n) is 13.8. The number of carbonyl (C=O) groups is 1. The highest BCUT2D eigenvalue weighted by Crippen LogP contribution is 2.32. The third kappa shape index (κ3) is 2.53. The van der Waals surface area contributed by atoms with E-state index in [1.165, 1.54) is 5.56 Å². The van der Waals surface area contributed by atoms with Crippen LogP contribution in [0, 0.1) is 0 Å². The third-order valence-corrected chi connectivity index (χ3v) is 4.83. The van der Waals surface area contributed by atoms with Crippen LogP contribution < -0.4 is 10.7 Å². The van der Waals surface area contributed by atoms with E-state index in [2.05, 4.69) is 19.2 Å². The van der Waals surface area contributed by atoms with Gasteiger partial charge in [0.2, 0.25) is 5.76 Å². The number of rotatable bonds is 2. The average Bonchev–Trinajstić information content (AvgIpc) is 2.93. The summed E-state index contributed by atoms with van der Waals surface area (Å²) in [5, 5.41) is 3.68. The average molecular weight is 354 g/mol. The molecule has 0 radical (unpaired) electrons. The molecule has 1 N–H and O–H groups in total. The maximum atomic E-state index is 13.0. The van der Waals surface area contributed by atoms with Crippen molar-refractivity contribution in [1.82, 2.24) is 5.32 Å². The van der Waals surface area contributed by atoms with Gasteiger partial charge in [0.1, 0.15) is 5.58 Å². The van der Waals surface area contributed by atoms with E-state index in [0.29, 0.717) is 27.5 Å². The van der Waals surface area contributed by atoms with Crippen LogP contribution in [0.25, 0.3) is 11.0 Å². The second kappa shape index (κ2) is 5.74. The molecule has 4 nitrogen and oxygen atoms in total. The first-order valence-electron chi connectivity index (χ1n) is 8.12. The number of amides is 1. The van der Waals surface area contributed by atoms with E-state index in [1.54, 1.807) is 18.2 Å². The zero-order valence-corrected chi connectivity index (χ0v) is 14.6. The van der Waals surface area contributed by atoms with Gasteiger partial charge in [-0.05, 0) is 35.2 Å². The second-order valence-electron chi connectivity index (χ2n) is 6.54. The molecule has 1 amide bonds. The Bertz CT molecular complexity index is 1050. The molecular formula is C20H16ClNO3. The Hall–Kier alpha value is -2.59. The lowest BCUT2D eigenvalue weighted by molar-refractivity contribution is 0.0938. The quantitative estimate of drug-likeness (QED) is 0.742. The molecule has 1 unspecified atom stereocenters. The highest BCUT2D eigenvalue weighted by atomic mass is 35.5. The third-order valence-electron chi connectivity index (χ3n) is 4.59. The van der Waals surface area contributed by atoms with E-state index in [-0.39, 0.29) is 17.1 Å². The van der Waals surface area contributed by atoms with Crippen molar-refractivity contribution in [2.45, 2.75) is 25.8 Å². The van der Waals surface area contributed by atoms with E-state index in [9.17, 15) is 9.59 Å². The molecule has 0 saturated carbocycles. The van der Waals surface area contributed by atoms with Crippen molar-refractivity contribution in [2.24, 2.45) is 0 Å². The minimum absolute atomic E-state index is 0.0813. The predicted molar refractivity (Wildman–Crippen MR) is 97.3 cm³/mol. The number of benzene rings is 2. The van der Waals surface area contributed by atoms with Gasteiger partial charge in [0, 0.05) is 5.02 Å². The molecule has 1 aliphatic heterocycles. The lowest BCUT2D eigenvalue weighted by atomic mass is 9.96. The van der Waals surface area contributed by atoms with E-state index < -0.39 is 6.04 Å². The summed E-state index contributed by atoms with van der Waals surface area (Å²) in [6, 6.07) is 12.2. The molecule has 0 fully saturated rings. The summed E-state index contributed by atoms with van der Waals surface area (Å²) < 4.78 is 5.70. The first-order valence-corrected chi connectivity index (χ1v) is 8.50. The normalized spacial score (nSPS) is 16.3. The fraction of sp³-hybridized carbons (Fsp3) is 0.200. The number of hydrogen-bond donors (Lipinski definition) is 1. The predicted octanol–water partition coefficient (Wildman–Crippen LogP) is 4.40. The highest BCUT2D eigenvalue weighted by molar-refractivity contribution is 6.31. The molecule has 5 heteroatoms. The Morgan fingerprint density at radius 2 is 1.80 bits per heavy atom. The molecule has 2 heterocycles. The molecule has 4 rings (SSSR count). The fourth-order valence-electron chi connectivity index (χ4n) is 3.20. The summed E-state index contributed by atoms with van der Waals surface area (Å²) in [6.45, 7) is 4.23. The summed E-state index contributed by atoms with van der Waals surface area (Å²) >= 11 is 6.01. The lowest BCUT2D eigenvalue weighted by Crippen LogP contribution is -2.21. The van der Waals surface area contributed by atoms with Gasteiger partial charge in [-0.3, -0.25) is 9.59 Å². The maximum absolute atomic E-state index is 13.0. The molecule has 0 saturated heterocycles. The van der Waals surface area contributed by atoms with Crippen molar-refractivity contribution in [3.05, 3.63) is 80.2 Å². The Kier molecular flexibility index (Phi) is 3.65. The van der Waals surface area contributed by atoms with E-state index in [0.717, 1.165) is 5.56 Å². The Balaban J connectivity index is 1.90. The molecular weight excluding hydrogens is 338 g/mol. The van der Waals surface area contributed by atoms with Gasteiger partial charge in [-0.2, -0.15) is 0 Å². The van der Waals surface area contributed by atoms with E-state index in [4.69, 9.17) is 16.0 Å². The Morgan fingerprint density at radius 1 is 1.08 bits per heavy atom. The molecule has 0 aliphatic carbocycles. The minimum atomic E-state index is -0.511. The van der Waals surface area contributed by atoms with E-state index >= 15 is 0 Å². The second-order valence-corrected chi connectivity index (χ2v) is 6.98. The van der Waals surface area contributed by atoms with Gasteiger partial charge < -0.3 is 9.73 Å². The monoisotopic (exact) mass is 353 g/mol. The Morgan fingerprint density at radius 3 is 2.48 bits per heavy atom. The van der Waals surface area contributed by atoms with Crippen molar-refractivity contribution in [3.8, 4) is 0 Å². The largest absolute Gasteiger partial charge is 0.450 e. The van der Waals surface area contributed by atoms with Gasteiger partial charge >= 0.3 is 0 Å². The fourth-order valence-corrected chi connectivity index (χ4v) is 3.38. The van der Waals surface area contributed by atoms with Crippen molar-refractivity contribution in [3.63, 3.8) is 0 Å². The van der Waals surface area contributed by atoms with Crippen molar-refractivity contribution < 1.29 is 9.21 Å². The Labute approximate surface area is 149 Å². The van der Waals surface area contributed by atoms with Gasteiger partial charge in [-0.1, -0.05) is 49.7 Å². The molecule has 3 aromatic rings. The number of fused-ring (bicyclic) bond motifs is 2. The molecule has 126 valence electrons. The van der Waals surface area contributed by atoms with Crippen LogP contribution in [0.3, 0.4) is 0 Å². The summed E-state index contributed by atoms with van der Waals surface area (Å²) in [5.41, 5.74) is 2.53. The smallest absolute Gasteiger partial charge is 0.288 e. The molecule has 2 aromatic carbocycles. The standard InChI is InChI=1S/C20H16ClNO3/c1-10(2)11-3-5-12(6-4-11)17-16-18(23)14-9-13(21)7-8-15(14)25-19(16)20(24)22-17/h3-10,17H,1-2H3,(H,22,24). The number of hydrogen-bond acceptors (Lipinski definition) is 3. The summed E-state index contributed by atoms with van der Waals surface area (Å²) in [7, 11) is 0. The van der Waals surface area contributed by atoms with Gasteiger partial charge in [-0.15, -0.1) is 0 Å². The topological polar surface area (TPSA) is 59.3 Å².